The average molecular weight is 347 g/mol. The van der Waals surface area contributed by atoms with E-state index in [-0.39, 0.29) is 21.6 Å². The van der Waals surface area contributed by atoms with Crippen molar-refractivity contribution in [2.24, 2.45) is 5.73 Å². The van der Waals surface area contributed by atoms with Crippen molar-refractivity contribution in [3.05, 3.63) is 17.0 Å². The number of thiophene rings is 1. The predicted molar refractivity (Wildman–Crippen MR) is 85.8 cm³/mol. The second kappa shape index (κ2) is 5.31. The van der Waals surface area contributed by atoms with Gasteiger partial charge in [0, 0.05) is 20.1 Å². The zero-order valence-corrected chi connectivity index (χ0v) is 14.4. The summed E-state index contributed by atoms with van der Waals surface area (Å²) in [4.78, 5) is 14.5. The SMILES string of the molecule is CN1CCN(S(=O)(=O)c2ccc(C(N)=S)s2)C(C)(C)C1=O. The highest BCUT2D eigenvalue weighted by Gasteiger charge is 2.47. The van der Waals surface area contributed by atoms with Crippen LogP contribution in [0.3, 0.4) is 0 Å². The van der Waals surface area contributed by atoms with Crippen LogP contribution in [0.4, 0.5) is 0 Å². The highest BCUT2D eigenvalue weighted by atomic mass is 32.2. The first-order valence-electron chi connectivity index (χ1n) is 6.26. The van der Waals surface area contributed by atoms with E-state index >= 15 is 0 Å². The smallest absolute Gasteiger partial charge is 0.253 e. The Hall–Kier alpha value is -1.03. The lowest BCUT2D eigenvalue weighted by Gasteiger charge is -2.43. The Bertz CT molecular complexity index is 694. The van der Waals surface area contributed by atoms with Crippen molar-refractivity contribution in [3.63, 3.8) is 0 Å². The van der Waals surface area contributed by atoms with E-state index < -0.39 is 15.6 Å². The Morgan fingerprint density at radius 1 is 1.38 bits per heavy atom. The van der Waals surface area contributed by atoms with E-state index in [1.54, 1.807) is 31.9 Å². The summed E-state index contributed by atoms with van der Waals surface area (Å²) in [7, 11) is -2.08. The van der Waals surface area contributed by atoms with Crippen LogP contribution in [0.15, 0.2) is 16.3 Å². The van der Waals surface area contributed by atoms with Crippen molar-refractivity contribution >= 4 is 44.5 Å². The van der Waals surface area contributed by atoms with Gasteiger partial charge in [-0.2, -0.15) is 4.31 Å². The van der Waals surface area contributed by atoms with Gasteiger partial charge < -0.3 is 10.6 Å². The zero-order chi connectivity index (χ0) is 16.0. The number of rotatable bonds is 3. The molecule has 9 heteroatoms. The van der Waals surface area contributed by atoms with Crippen molar-refractivity contribution in [2.45, 2.75) is 23.6 Å². The van der Waals surface area contributed by atoms with E-state index in [2.05, 4.69) is 0 Å². The van der Waals surface area contributed by atoms with Gasteiger partial charge in [0.15, 0.2) is 0 Å². The predicted octanol–water partition coefficient (Wildman–Crippen LogP) is 0.624. The molecule has 0 aromatic carbocycles. The molecule has 1 amide bonds. The molecule has 2 rings (SSSR count). The van der Waals surface area contributed by atoms with E-state index in [1.807, 2.05) is 0 Å². The van der Waals surface area contributed by atoms with Crippen molar-refractivity contribution in [1.82, 2.24) is 9.21 Å². The Morgan fingerprint density at radius 2 is 2.00 bits per heavy atom. The quantitative estimate of drug-likeness (QED) is 0.811. The van der Waals surface area contributed by atoms with Crippen LogP contribution in [-0.4, -0.2) is 54.2 Å². The standard InChI is InChI=1S/C12H17N3O3S3/c1-12(2)11(16)14(3)6-7-15(12)21(17,18)9-5-4-8(20-9)10(13)19/h4-5H,6-7H2,1-3H3,(H2,13,19). The number of likely N-dealkylation sites (N-methyl/N-ethyl adjacent to an activating group) is 1. The van der Waals surface area contributed by atoms with Crippen LogP contribution in [0.5, 0.6) is 0 Å². The molecule has 1 saturated heterocycles. The van der Waals surface area contributed by atoms with Crippen LogP contribution >= 0.6 is 23.6 Å². The molecule has 1 aromatic heterocycles. The van der Waals surface area contributed by atoms with E-state index in [0.717, 1.165) is 11.3 Å². The summed E-state index contributed by atoms with van der Waals surface area (Å²) in [6, 6.07) is 3.07. The number of hydrogen-bond acceptors (Lipinski definition) is 5. The monoisotopic (exact) mass is 347 g/mol. The Balaban J connectivity index is 2.43. The first-order valence-corrected chi connectivity index (χ1v) is 8.93. The number of hydrogen-bond donors (Lipinski definition) is 1. The molecule has 0 saturated carbocycles. The Morgan fingerprint density at radius 3 is 2.52 bits per heavy atom. The van der Waals surface area contributed by atoms with Crippen LogP contribution in [0.1, 0.15) is 18.7 Å². The fraction of sp³-hybridized carbons (Fsp3) is 0.500. The molecule has 2 N–H and O–H groups in total. The molecule has 1 aliphatic rings. The highest BCUT2D eigenvalue weighted by Crippen LogP contribution is 2.32. The van der Waals surface area contributed by atoms with Gasteiger partial charge in [0.25, 0.3) is 10.0 Å². The lowest BCUT2D eigenvalue weighted by molar-refractivity contribution is -0.142. The first-order chi connectivity index (χ1) is 9.58. The topological polar surface area (TPSA) is 83.7 Å². The van der Waals surface area contributed by atoms with Crippen molar-refractivity contribution in [2.75, 3.05) is 20.1 Å². The lowest BCUT2D eigenvalue weighted by Crippen LogP contribution is -2.63. The number of nitrogens with two attached hydrogens (primary N) is 1. The van der Waals surface area contributed by atoms with Gasteiger partial charge in [-0.15, -0.1) is 11.3 Å². The summed E-state index contributed by atoms with van der Waals surface area (Å²) < 4.78 is 26.9. The number of carbonyl (C=O) groups is 1. The van der Waals surface area contributed by atoms with Crippen LogP contribution in [-0.2, 0) is 14.8 Å². The molecule has 0 atom stereocenters. The molecule has 1 aromatic rings. The lowest BCUT2D eigenvalue weighted by atomic mass is 10.0. The van der Waals surface area contributed by atoms with Gasteiger partial charge >= 0.3 is 0 Å². The van der Waals surface area contributed by atoms with Gasteiger partial charge in [-0.1, -0.05) is 12.2 Å². The number of piperazine rings is 1. The van der Waals surface area contributed by atoms with E-state index in [4.69, 9.17) is 18.0 Å². The fourth-order valence-electron chi connectivity index (χ4n) is 2.32. The molecule has 0 bridgehead atoms. The molecular formula is C12H17N3O3S3. The summed E-state index contributed by atoms with van der Waals surface area (Å²) in [6.45, 7) is 3.86. The van der Waals surface area contributed by atoms with Crippen LogP contribution in [0, 0.1) is 0 Å². The number of thiocarbonyl (C=S) groups is 1. The van der Waals surface area contributed by atoms with E-state index in [9.17, 15) is 13.2 Å². The summed E-state index contributed by atoms with van der Waals surface area (Å²) in [6.07, 6.45) is 0. The van der Waals surface area contributed by atoms with Crippen molar-refractivity contribution < 1.29 is 13.2 Å². The maximum absolute atomic E-state index is 12.8. The second-order valence-corrected chi connectivity index (χ2v) is 8.96. The zero-order valence-electron chi connectivity index (χ0n) is 12.0. The minimum Gasteiger partial charge on any atom is -0.389 e. The van der Waals surface area contributed by atoms with Crippen molar-refractivity contribution in [3.8, 4) is 0 Å². The maximum Gasteiger partial charge on any atom is 0.253 e. The third-order valence-corrected chi connectivity index (χ3v) is 7.51. The molecule has 0 spiro atoms. The largest absolute Gasteiger partial charge is 0.389 e. The van der Waals surface area contributed by atoms with Crippen LogP contribution in [0.25, 0.3) is 0 Å². The Labute approximate surface area is 133 Å². The molecule has 0 radical (unpaired) electrons. The molecular weight excluding hydrogens is 330 g/mol. The third kappa shape index (κ3) is 2.70. The molecule has 6 nitrogen and oxygen atoms in total. The molecule has 2 heterocycles. The summed E-state index contributed by atoms with van der Waals surface area (Å²) in [5.74, 6) is -0.219. The molecule has 0 unspecified atom stereocenters. The van der Waals surface area contributed by atoms with Crippen LogP contribution in [0.2, 0.25) is 0 Å². The first kappa shape index (κ1) is 16.3. The number of nitrogens with zero attached hydrogens (tertiary/aromatic N) is 2. The van der Waals surface area contributed by atoms with Crippen LogP contribution < -0.4 is 5.73 Å². The van der Waals surface area contributed by atoms with Gasteiger partial charge in [-0.25, -0.2) is 8.42 Å². The van der Waals surface area contributed by atoms with E-state index in [0.29, 0.717) is 11.4 Å². The number of amides is 1. The van der Waals surface area contributed by atoms with Gasteiger partial charge in [0.2, 0.25) is 5.91 Å². The average Bonchev–Trinajstić information content (AvgIpc) is 2.86. The number of sulfonamides is 1. The van der Waals surface area contributed by atoms with Gasteiger partial charge in [-0.3, -0.25) is 4.79 Å². The summed E-state index contributed by atoms with van der Waals surface area (Å²) >= 11 is 5.88. The van der Waals surface area contributed by atoms with Crippen molar-refractivity contribution in [1.29, 1.82) is 0 Å². The Kier molecular flexibility index (Phi) is 4.13. The summed E-state index contributed by atoms with van der Waals surface area (Å²) in [5.41, 5.74) is 4.40. The normalized spacial score (nSPS) is 19.8. The minimum atomic E-state index is -3.75. The molecule has 116 valence electrons. The third-order valence-electron chi connectivity index (χ3n) is 3.50. The molecule has 0 aliphatic carbocycles. The molecule has 1 aliphatic heterocycles. The second-order valence-electron chi connectivity index (χ2n) is 5.35. The highest BCUT2D eigenvalue weighted by molar-refractivity contribution is 7.91. The fourth-order valence-corrected chi connectivity index (χ4v) is 5.52. The summed E-state index contributed by atoms with van der Waals surface area (Å²) in [5, 5.41) is 0. The van der Waals surface area contributed by atoms with Gasteiger partial charge in [0.05, 0.1) is 4.88 Å². The van der Waals surface area contributed by atoms with E-state index in [1.165, 1.54) is 10.4 Å². The van der Waals surface area contributed by atoms with Gasteiger partial charge in [0.1, 0.15) is 14.7 Å². The molecule has 1 fully saturated rings. The number of carbonyl (C=O) groups excluding carboxylic acids is 1. The maximum atomic E-state index is 12.8. The van der Waals surface area contributed by atoms with Gasteiger partial charge in [-0.05, 0) is 26.0 Å². The molecule has 21 heavy (non-hydrogen) atoms. The minimum absolute atomic E-state index is 0.149.